The summed E-state index contributed by atoms with van der Waals surface area (Å²) >= 11 is 1.29. The van der Waals surface area contributed by atoms with Crippen molar-refractivity contribution in [3.63, 3.8) is 0 Å². The van der Waals surface area contributed by atoms with Gasteiger partial charge >= 0.3 is 0 Å². The highest BCUT2D eigenvalue weighted by Crippen LogP contribution is 2.44. The Balaban J connectivity index is 2.61. The van der Waals surface area contributed by atoms with Crippen LogP contribution in [0.5, 0.6) is 0 Å². The van der Waals surface area contributed by atoms with Gasteiger partial charge in [-0.1, -0.05) is 6.07 Å². The van der Waals surface area contributed by atoms with Crippen molar-refractivity contribution in [2.24, 2.45) is 0 Å². The molecule has 13 heavy (non-hydrogen) atoms. The standard InChI is InChI=1S/C9H7F3S/c10-6-2-1-3-7-8(6)9(11,12)4-5-13-7/h1-3H,4-5H2. The Morgan fingerprint density at radius 2 is 2.08 bits per heavy atom. The van der Waals surface area contributed by atoms with Crippen LogP contribution in [0.2, 0.25) is 0 Å². The maximum absolute atomic E-state index is 13.2. The third kappa shape index (κ3) is 1.43. The van der Waals surface area contributed by atoms with Gasteiger partial charge in [-0.05, 0) is 12.1 Å². The predicted octanol–water partition coefficient (Wildman–Crippen LogP) is 3.41. The molecular weight excluding hydrogens is 197 g/mol. The molecule has 0 N–H and O–H groups in total. The lowest BCUT2D eigenvalue weighted by Gasteiger charge is -2.24. The van der Waals surface area contributed by atoms with Gasteiger partial charge in [0.1, 0.15) is 5.82 Å². The van der Waals surface area contributed by atoms with Crippen molar-refractivity contribution in [2.45, 2.75) is 17.2 Å². The first kappa shape index (κ1) is 8.94. The van der Waals surface area contributed by atoms with E-state index in [0.717, 1.165) is 6.07 Å². The molecule has 0 nitrogen and oxygen atoms in total. The van der Waals surface area contributed by atoms with Crippen molar-refractivity contribution in [3.8, 4) is 0 Å². The molecule has 1 aliphatic rings. The Hall–Kier alpha value is -0.640. The number of halogens is 3. The van der Waals surface area contributed by atoms with Gasteiger partial charge in [-0.3, -0.25) is 0 Å². The van der Waals surface area contributed by atoms with Crippen molar-refractivity contribution in [2.75, 3.05) is 5.75 Å². The number of rotatable bonds is 0. The van der Waals surface area contributed by atoms with Crippen LogP contribution < -0.4 is 0 Å². The summed E-state index contributed by atoms with van der Waals surface area (Å²) in [5.41, 5.74) is -0.425. The molecule has 0 spiro atoms. The van der Waals surface area contributed by atoms with E-state index in [0.29, 0.717) is 10.6 Å². The molecule has 2 rings (SSSR count). The van der Waals surface area contributed by atoms with Gasteiger partial charge in [0.05, 0.1) is 5.56 Å². The Morgan fingerprint density at radius 3 is 2.77 bits per heavy atom. The molecule has 70 valence electrons. The van der Waals surface area contributed by atoms with Crippen molar-refractivity contribution >= 4 is 11.8 Å². The maximum Gasteiger partial charge on any atom is 0.277 e. The molecule has 1 aliphatic heterocycles. The van der Waals surface area contributed by atoms with Gasteiger partial charge in [0.2, 0.25) is 0 Å². The predicted molar refractivity (Wildman–Crippen MR) is 45.6 cm³/mol. The molecule has 0 saturated heterocycles. The lowest BCUT2D eigenvalue weighted by Crippen LogP contribution is -2.21. The third-order valence-corrected chi connectivity index (χ3v) is 3.07. The lowest BCUT2D eigenvalue weighted by molar-refractivity contribution is -0.0151. The summed E-state index contributed by atoms with van der Waals surface area (Å²) in [6.07, 6.45) is -0.272. The molecule has 0 aromatic heterocycles. The highest BCUT2D eigenvalue weighted by Gasteiger charge is 2.39. The topological polar surface area (TPSA) is 0 Å². The highest BCUT2D eigenvalue weighted by atomic mass is 32.2. The molecule has 1 aromatic rings. The van der Waals surface area contributed by atoms with E-state index < -0.39 is 17.3 Å². The van der Waals surface area contributed by atoms with Crippen LogP contribution in [0, 0.1) is 5.82 Å². The van der Waals surface area contributed by atoms with E-state index >= 15 is 0 Å². The van der Waals surface area contributed by atoms with Gasteiger partial charge in [0.15, 0.2) is 0 Å². The zero-order valence-electron chi connectivity index (χ0n) is 6.69. The van der Waals surface area contributed by atoms with E-state index in [9.17, 15) is 13.2 Å². The van der Waals surface area contributed by atoms with E-state index in [1.54, 1.807) is 0 Å². The fourth-order valence-electron chi connectivity index (χ4n) is 1.39. The van der Waals surface area contributed by atoms with E-state index in [-0.39, 0.29) is 6.42 Å². The van der Waals surface area contributed by atoms with Gasteiger partial charge < -0.3 is 0 Å². The number of hydrogen-bond donors (Lipinski definition) is 0. The minimum Gasteiger partial charge on any atom is -0.206 e. The van der Waals surface area contributed by atoms with Crippen molar-refractivity contribution < 1.29 is 13.2 Å². The summed E-state index contributed by atoms with van der Waals surface area (Å²) in [6.45, 7) is 0. The quantitative estimate of drug-likeness (QED) is 0.624. The average Bonchev–Trinajstić information content (AvgIpc) is 2.02. The number of thioether (sulfide) groups is 1. The Bertz CT molecular complexity index is 336. The molecule has 0 bridgehead atoms. The number of alkyl halides is 2. The Kier molecular flexibility index (Phi) is 2.02. The molecule has 0 radical (unpaired) electrons. The fraction of sp³-hybridized carbons (Fsp3) is 0.333. The van der Waals surface area contributed by atoms with Crippen LogP contribution in [-0.4, -0.2) is 5.75 Å². The molecule has 1 heterocycles. The largest absolute Gasteiger partial charge is 0.277 e. The second-order valence-electron chi connectivity index (χ2n) is 2.92. The molecule has 0 atom stereocenters. The van der Waals surface area contributed by atoms with Gasteiger partial charge in [-0.15, -0.1) is 11.8 Å². The molecule has 0 unspecified atom stereocenters. The highest BCUT2D eigenvalue weighted by molar-refractivity contribution is 7.99. The second kappa shape index (κ2) is 2.94. The van der Waals surface area contributed by atoms with Gasteiger partial charge in [0, 0.05) is 17.1 Å². The molecule has 1 aromatic carbocycles. The van der Waals surface area contributed by atoms with E-state index in [1.165, 1.54) is 23.9 Å². The average molecular weight is 204 g/mol. The molecule has 0 fully saturated rings. The van der Waals surface area contributed by atoms with Crippen LogP contribution in [-0.2, 0) is 5.92 Å². The minimum atomic E-state index is -2.99. The minimum absolute atomic E-state index is 0.272. The summed E-state index contributed by atoms with van der Waals surface area (Å²) in [4.78, 5) is 0.372. The first-order valence-corrected chi connectivity index (χ1v) is 4.89. The first-order valence-electron chi connectivity index (χ1n) is 3.91. The van der Waals surface area contributed by atoms with Crippen LogP contribution in [0.4, 0.5) is 13.2 Å². The summed E-state index contributed by atoms with van der Waals surface area (Å²) < 4.78 is 39.5. The van der Waals surface area contributed by atoms with Gasteiger partial charge in [-0.2, -0.15) is 0 Å². The molecule has 0 saturated carbocycles. The van der Waals surface area contributed by atoms with Crippen LogP contribution in [0.25, 0.3) is 0 Å². The smallest absolute Gasteiger partial charge is 0.206 e. The first-order chi connectivity index (χ1) is 6.11. The van der Waals surface area contributed by atoms with Crippen LogP contribution in [0.3, 0.4) is 0 Å². The SMILES string of the molecule is Fc1cccc2c1C(F)(F)CCS2. The number of fused-ring (bicyclic) bond motifs is 1. The van der Waals surface area contributed by atoms with Crippen LogP contribution in [0.1, 0.15) is 12.0 Å². The zero-order chi connectivity index (χ0) is 9.47. The fourth-order valence-corrected chi connectivity index (χ4v) is 2.54. The maximum atomic E-state index is 13.2. The zero-order valence-corrected chi connectivity index (χ0v) is 7.50. The number of hydrogen-bond acceptors (Lipinski definition) is 1. The summed E-state index contributed by atoms with van der Waals surface area (Å²) in [6, 6.07) is 4.08. The number of benzene rings is 1. The van der Waals surface area contributed by atoms with Crippen LogP contribution in [0.15, 0.2) is 23.1 Å². The van der Waals surface area contributed by atoms with Crippen molar-refractivity contribution in [3.05, 3.63) is 29.6 Å². The van der Waals surface area contributed by atoms with Gasteiger partial charge in [-0.25, -0.2) is 13.2 Å². The summed E-state index contributed by atoms with van der Waals surface area (Å²) in [7, 11) is 0. The Morgan fingerprint density at radius 1 is 1.31 bits per heavy atom. The third-order valence-electron chi connectivity index (χ3n) is 2.01. The molecule has 0 aliphatic carbocycles. The normalized spacial score (nSPS) is 19.6. The van der Waals surface area contributed by atoms with E-state index in [4.69, 9.17) is 0 Å². The van der Waals surface area contributed by atoms with Crippen molar-refractivity contribution in [1.82, 2.24) is 0 Å². The van der Waals surface area contributed by atoms with Crippen LogP contribution >= 0.6 is 11.8 Å². The monoisotopic (exact) mass is 204 g/mol. The second-order valence-corrected chi connectivity index (χ2v) is 4.05. The Labute approximate surface area is 78.1 Å². The molecular formula is C9H7F3S. The summed E-state index contributed by atoms with van der Waals surface area (Å²) in [5, 5.41) is 0. The molecule has 4 heteroatoms. The van der Waals surface area contributed by atoms with Gasteiger partial charge in [0.25, 0.3) is 5.92 Å². The van der Waals surface area contributed by atoms with Crippen molar-refractivity contribution in [1.29, 1.82) is 0 Å². The summed E-state index contributed by atoms with van der Waals surface area (Å²) in [5.74, 6) is -3.44. The lowest BCUT2D eigenvalue weighted by atomic mass is 10.1. The molecule has 0 amide bonds. The van der Waals surface area contributed by atoms with E-state index in [2.05, 4.69) is 0 Å². The van der Waals surface area contributed by atoms with E-state index in [1.807, 2.05) is 0 Å².